The Kier molecular flexibility index (Phi) is 6.98. The van der Waals surface area contributed by atoms with E-state index in [1.54, 1.807) is 0 Å². The number of ether oxygens (including phenoxy) is 1. The molecule has 1 fully saturated rings. The summed E-state index contributed by atoms with van der Waals surface area (Å²) in [4.78, 5) is 0. The highest BCUT2D eigenvalue weighted by atomic mass is 79.9. The van der Waals surface area contributed by atoms with Gasteiger partial charge in [-0.2, -0.15) is 0 Å². The summed E-state index contributed by atoms with van der Waals surface area (Å²) in [6.45, 7) is 0. The maximum absolute atomic E-state index is 12.5. The molecule has 22 heavy (non-hydrogen) atoms. The summed E-state index contributed by atoms with van der Waals surface area (Å²) in [5.41, 5.74) is 6.14. The van der Waals surface area contributed by atoms with Crippen LogP contribution in [-0.2, 0) is 0 Å². The van der Waals surface area contributed by atoms with Crippen LogP contribution < -0.4 is 10.5 Å². The summed E-state index contributed by atoms with van der Waals surface area (Å²) >= 11 is 3.20. The maximum Gasteiger partial charge on any atom is 0.573 e. The fourth-order valence-electron chi connectivity index (χ4n) is 2.77. The first-order chi connectivity index (χ1) is 9.78. The van der Waals surface area contributed by atoms with Crippen LogP contribution in [0, 0.1) is 5.92 Å². The van der Waals surface area contributed by atoms with Crippen LogP contribution in [0.4, 0.5) is 13.2 Å². The van der Waals surface area contributed by atoms with Gasteiger partial charge in [-0.3, -0.25) is 0 Å². The van der Waals surface area contributed by atoms with Crippen molar-refractivity contribution in [2.75, 3.05) is 0 Å². The van der Waals surface area contributed by atoms with Gasteiger partial charge in [0.05, 0.1) is 12.1 Å². The van der Waals surface area contributed by atoms with E-state index in [0.717, 1.165) is 25.7 Å². The van der Waals surface area contributed by atoms with Gasteiger partial charge in [0.15, 0.2) is 0 Å². The monoisotopic (exact) mass is 403 g/mol. The van der Waals surface area contributed by atoms with E-state index < -0.39 is 18.5 Å². The van der Waals surface area contributed by atoms with E-state index >= 15 is 0 Å². The first kappa shape index (κ1) is 19.5. The van der Waals surface area contributed by atoms with Gasteiger partial charge in [-0.05, 0) is 37.0 Å². The van der Waals surface area contributed by atoms with Crippen molar-refractivity contribution in [1.29, 1.82) is 0 Å². The Morgan fingerprint density at radius 1 is 1.27 bits per heavy atom. The Labute approximate surface area is 141 Å². The number of rotatable bonds is 4. The molecule has 1 aliphatic carbocycles. The maximum atomic E-state index is 12.5. The van der Waals surface area contributed by atoms with Gasteiger partial charge in [-0.15, -0.1) is 25.6 Å². The van der Waals surface area contributed by atoms with Crippen LogP contribution in [0.15, 0.2) is 22.7 Å². The molecule has 0 radical (unpaired) electrons. The lowest BCUT2D eigenvalue weighted by atomic mass is 9.90. The molecule has 2 atom stereocenters. The highest BCUT2D eigenvalue weighted by molar-refractivity contribution is 9.10. The molecule has 0 aliphatic heterocycles. The van der Waals surface area contributed by atoms with Crippen molar-refractivity contribution in [1.82, 2.24) is 0 Å². The lowest BCUT2D eigenvalue weighted by molar-refractivity contribution is -0.275. The van der Waals surface area contributed by atoms with Gasteiger partial charge >= 0.3 is 6.36 Å². The van der Waals surface area contributed by atoms with E-state index in [9.17, 15) is 18.3 Å². The second kappa shape index (κ2) is 7.86. The van der Waals surface area contributed by atoms with Crippen molar-refractivity contribution in [3.8, 4) is 5.75 Å². The van der Waals surface area contributed by atoms with E-state index in [2.05, 4.69) is 20.7 Å². The molecule has 3 N–H and O–H groups in total. The molecule has 0 spiro atoms. The third kappa shape index (κ3) is 5.01. The minimum atomic E-state index is -4.79. The molecule has 0 unspecified atom stereocenters. The Bertz CT molecular complexity index is 495. The van der Waals surface area contributed by atoms with Crippen LogP contribution in [0.5, 0.6) is 5.75 Å². The minimum absolute atomic E-state index is 0. The van der Waals surface area contributed by atoms with Crippen LogP contribution in [0.1, 0.15) is 37.3 Å². The molecule has 3 nitrogen and oxygen atoms in total. The quantitative estimate of drug-likeness (QED) is 0.786. The van der Waals surface area contributed by atoms with Crippen molar-refractivity contribution >= 4 is 28.3 Å². The van der Waals surface area contributed by atoms with E-state index in [1.165, 1.54) is 18.2 Å². The smallest absolute Gasteiger partial charge is 0.405 e. The first-order valence-electron chi connectivity index (χ1n) is 6.77. The molecule has 1 aromatic carbocycles. The largest absolute Gasteiger partial charge is 0.573 e. The number of hydrogen-bond acceptors (Lipinski definition) is 3. The van der Waals surface area contributed by atoms with Crippen molar-refractivity contribution in [3.05, 3.63) is 28.2 Å². The standard InChI is InChI=1S/C14H17BrF3NO2.ClH/c15-9-5-6-11(21-14(16,17)18)10(7-9)12(19)13(20)8-3-1-2-4-8;/h5-8,12-13,20H,1-4,19H2;1H/t12-,13+;/m1./s1. The summed E-state index contributed by atoms with van der Waals surface area (Å²) in [5, 5.41) is 10.3. The Morgan fingerprint density at radius 2 is 1.86 bits per heavy atom. The summed E-state index contributed by atoms with van der Waals surface area (Å²) in [6.07, 6.45) is -1.95. The normalized spacial score (nSPS) is 18.6. The molecular weight excluding hydrogens is 387 g/mol. The van der Waals surface area contributed by atoms with Crippen molar-refractivity contribution in [3.63, 3.8) is 0 Å². The minimum Gasteiger partial charge on any atom is -0.405 e. The molecule has 0 aromatic heterocycles. The van der Waals surface area contributed by atoms with E-state index in [0.29, 0.717) is 4.47 Å². The van der Waals surface area contributed by atoms with Gasteiger partial charge in [0.2, 0.25) is 0 Å². The van der Waals surface area contributed by atoms with Gasteiger partial charge in [0.25, 0.3) is 0 Å². The molecule has 1 aromatic rings. The number of hydrogen-bond donors (Lipinski definition) is 2. The number of aliphatic hydroxyl groups excluding tert-OH is 1. The zero-order chi connectivity index (χ0) is 15.6. The Hall–Kier alpha value is -0.500. The molecule has 1 saturated carbocycles. The number of aliphatic hydroxyl groups is 1. The summed E-state index contributed by atoms with van der Waals surface area (Å²) in [5.74, 6) is -0.340. The fourth-order valence-corrected chi connectivity index (χ4v) is 3.15. The van der Waals surface area contributed by atoms with Gasteiger partial charge in [0.1, 0.15) is 5.75 Å². The molecule has 0 saturated heterocycles. The third-order valence-electron chi connectivity index (χ3n) is 3.81. The highest BCUT2D eigenvalue weighted by Crippen LogP contribution is 2.37. The van der Waals surface area contributed by atoms with E-state index in [1.807, 2.05) is 0 Å². The number of benzene rings is 1. The van der Waals surface area contributed by atoms with Gasteiger partial charge in [-0.1, -0.05) is 28.8 Å². The predicted octanol–water partition coefficient (Wildman–Crippen LogP) is 4.32. The Balaban J connectivity index is 0.00000242. The topological polar surface area (TPSA) is 55.5 Å². The molecule has 0 amide bonds. The second-order valence-corrected chi connectivity index (χ2v) is 6.21. The summed E-state index contributed by atoms with van der Waals surface area (Å²) in [7, 11) is 0. The third-order valence-corrected chi connectivity index (χ3v) is 4.30. The lowest BCUT2D eigenvalue weighted by Crippen LogP contribution is -2.32. The highest BCUT2D eigenvalue weighted by Gasteiger charge is 2.35. The van der Waals surface area contributed by atoms with Crippen LogP contribution >= 0.6 is 28.3 Å². The van der Waals surface area contributed by atoms with Crippen molar-refractivity contribution in [2.24, 2.45) is 11.7 Å². The predicted molar refractivity (Wildman–Crippen MR) is 83.0 cm³/mol. The van der Waals surface area contributed by atoms with Crippen molar-refractivity contribution < 1.29 is 23.0 Å². The molecule has 2 rings (SSSR count). The fraction of sp³-hybridized carbons (Fsp3) is 0.571. The van der Waals surface area contributed by atoms with Crippen LogP contribution in [0.3, 0.4) is 0 Å². The molecule has 8 heteroatoms. The molecule has 1 aliphatic rings. The molecule has 0 bridgehead atoms. The summed E-state index contributed by atoms with van der Waals surface area (Å²) < 4.78 is 41.9. The van der Waals surface area contributed by atoms with Crippen molar-refractivity contribution in [2.45, 2.75) is 44.2 Å². The average Bonchev–Trinajstić information content (AvgIpc) is 2.91. The number of alkyl halides is 3. The molecular formula is C14H18BrClF3NO2. The van der Waals surface area contributed by atoms with E-state index in [4.69, 9.17) is 5.73 Å². The number of nitrogens with two attached hydrogens (primary N) is 1. The van der Waals surface area contributed by atoms with Gasteiger partial charge < -0.3 is 15.6 Å². The number of halogens is 5. The van der Waals surface area contributed by atoms with Gasteiger partial charge in [-0.25, -0.2) is 0 Å². The molecule has 0 heterocycles. The zero-order valence-electron chi connectivity index (χ0n) is 11.6. The summed E-state index contributed by atoms with van der Waals surface area (Å²) in [6, 6.07) is 3.19. The zero-order valence-corrected chi connectivity index (χ0v) is 14.0. The van der Waals surface area contributed by atoms with Gasteiger partial charge in [0, 0.05) is 10.0 Å². The molecule has 126 valence electrons. The van der Waals surface area contributed by atoms with Crippen LogP contribution in [-0.4, -0.2) is 17.6 Å². The SMILES string of the molecule is Cl.N[C@H](c1cc(Br)ccc1OC(F)(F)F)[C@@H](O)C1CCCC1. The Morgan fingerprint density at radius 3 is 2.41 bits per heavy atom. The first-order valence-corrected chi connectivity index (χ1v) is 7.56. The van der Waals surface area contributed by atoms with Crippen LogP contribution in [0.25, 0.3) is 0 Å². The van der Waals surface area contributed by atoms with Crippen LogP contribution in [0.2, 0.25) is 0 Å². The van der Waals surface area contributed by atoms with E-state index in [-0.39, 0.29) is 29.6 Å². The lowest BCUT2D eigenvalue weighted by Gasteiger charge is -2.26. The average molecular weight is 405 g/mol. The second-order valence-electron chi connectivity index (χ2n) is 5.29.